The van der Waals surface area contributed by atoms with E-state index in [1.54, 1.807) is 13.8 Å². The van der Waals surface area contributed by atoms with Gasteiger partial charge in [-0.2, -0.15) is 0 Å². The molecule has 0 bridgehead atoms. The average molecular weight is 574 g/mol. The van der Waals surface area contributed by atoms with Gasteiger partial charge in [0.25, 0.3) is 0 Å². The Labute approximate surface area is 242 Å². The van der Waals surface area contributed by atoms with Gasteiger partial charge in [0, 0.05) is 38.0 Å². The minimum atomic E-state index is -0.796. The minimum Gasteiger partial charge on any atom is -0.352 e. The van der Waals surface area contributed by atoms with Gasteiger partial charge in [0.1, 0.15) is 11.8 Å². The van der Waals surface area contributed by atoms with Crippen molar-refractivity contribution >= 4 is 29.4 Å². The number of primary amides is 1. The zero-order valence-corrected chi connectivity index (χ0v) is 26.6. The molecule has 0 heterocycles. The molecule has 0 saturated carbocycles. The molecule has 0 fully saturated rings. The van der Waals surface area contributed by atoms with E-state index in [-0.39, 0.29) is 30.1 Å². The van der Waals surface area contributed by atoms with Crippen LogP contribution in [0.2, 0.25) is 0 Å². The zero-order valence-electron chi connectivity index (χ0n) is 26.6. The van der Waals surface area contributed by atoms with Crippen molar-refractivity contribution in [3.63, 3.8) is 0 Å². The number of nitrogens with one attached hydrogen (secondary N) is 5. The summed E-state index contributed by atoms with van der Waals surface area (Å²) in [7, 11) is 0. The third kappa shape index (κ3) is 22.3. The number of amides is 4. The molecule has 0 radical (unpaired) electrons. The third-order valence-electron chi connectivity index (χ3n) is 5.59. The van der Waals surface area contributed by atoms with Crippen molar-refractivity contribution in [2.75, 3.05) is 26.2 Å². The van der Waals surface area contributed by atoms with Crippen molar-refractivity contribution in [2.24, 2.45) is 23.3 Å². The second kappa shape index (κ2) is 25.4. The molecule has 12 heteroatoms. The van der Waals surface area contributed by atoms with Crippen molar-refractivity contribution < 1.29 is 24.0 Å². The molecule has 12 nitrogen and oxygen atoms in total. The SMILES string of the molecule is CC.CC(C)NCCC(=O)C(C)C.CCNC(CN)C(=O)NC(C(=O)NC(CCCNC(N)=O)C(C)=O)C(C)C. The number of carbonyl (C=O) groups is 5. The predicted octanol–water partition coefficient (Wildman–Crippen LogP) is 1.21. The van der Waals surface area contributed by atoms with Crippen LogP contribution in [0.4, 0.5) is 4.79 Å². The van der Waals surface area contributed by atoms with Gasteiger partial charge in [-0.3, -0.25) is 19.2 Å². The van der Waals surface area contributed by atoms with E-state index in [0.29, 0.717) is 44.2 Å². The lowest BCUT2D eigenvalue weighted by molar-refractivity contribution is -0.132. The fourth-order valence-corrected chi connectivity index (χ4v) is 3.25. The van der Waals surface area contributed by atoms with Crippen molar-refractivity contribution in [3.05, 3.63) is 0 Å². The molecule has 0 spiro atoms. The normalized spacial score (nSPS) is 12.8. The molecular formula is C28H59N7O5. The van der Waals surface area contributed by atoms with Crippen LogP contribution in [0.5, 0.6) is 0 Å². The molecule has 0 aliphatic carbocycles. The molecule has 0 rings (SSSR count). The molecule has 0 aromatic heterocycles. The number of carbonyl (C=O) groups excluding carboxylic acids is 5. The number of nitrogens with two attached hydrogens (primary N) is 2. The van der Waals surface area contributed by atoms with Gasteiger partial charge in [-0.25, -0.2) is 4.79 Å². The quantitative estimate of drug-likeness (QED) is 0.119. The van der Waals surface area contributed by atoms with Crippen LogP contribution in [0.3, 0.4) is 0 Å². The van der Waals surface area contributed by atoms with Crippen molar-refractivity contribution in [1.29, 1.82) is 0 Å². The van der Waals surface area contributed by atoms with E-state index < -0.39 is 30.1 Å². The maximum atomic E-state index is 12.6. The van der Waals surface area contributed by atoms with Gasteiger partial charge in [0.2, 0.25) is 11.8 Å². The maximum Gasteiger partial charge on any atom is 0.312 e. The number of hydrogen-bond acceptors (Lipinski definition) is 8. The predicted molar refractivity (Wildman–Crippen MR) is 162 cm³/mol. The van der Waals surface area contributed by atoms with E-state index >= 15 is 0 Å². The number of urea groups is 1. The number of ketones is 2. The molecular weight excluding hydrogens is 514 g/mol. The van der Waals surface area contributed by atoms with E-state index in [1.807, 2.05) is 34.6 Å². The Kier molecular flexibility index (Phi) is 26.6. The first-order valence-electron chi connectivity index (χ1n) is 14.5. The summed E-state index contributed by atoms with van der Waals surface area (Å²) in [5.74, 6) is -0.657. The Balaban J connectivity index is -0.000000877. The Morgan fingerprint density at radius 2 is 1.38 bits per heavy atom. The summed E-state index contributed by atoms with van der Waals surface area (Å²) >= 11 is 0. The molecule has 0 aliphatic heterocycles. The number of hydrogen-bond donors (Lipinski definition) is 7. The van der Waals surface area contributed by atoms with E-state index in [2.05, 4.69) is 40.4 Å². The summed E-state index contributed by atoms with van der Waals surface area (Å²) in [4.78, 5) is 58.5. The summed E-state index contributed by atoms with van der Waals surface area (Å²) in [6, 6.07) is -2.25. The van der Waals surface area contributed by atoms with Crippen molar-refractivity contribution in [1.82, 2.24) is 26.6 Å². The molecule has 40 heavy (non-hydrogen) atoms. The summed E-state index contributed by atoms with van der Waals surface area (Å²) in [5, 5.41) is 14.0. The van der Waals surface area contributed by atoms with Gasteiger partial charge >= 0.3 is 6.03 Å². The summed E-state index contributed by atoms with van der Waals surface area (Å²) < 4.78 is 0. The zero-order chi connectivity index (χ0) is 31.8. The Morgan fingerprint density at radius 3 is 1.77 bits per heavy atom. The molecule has 3 atom stereocenters. The van der Waals surface area contributed by atoms with Crippen LogP contribution in [-0.2, 0) is 19.2 Å². The summed E-state index contributed by atoms with van der Waals surface area (Å²) in [5.41, 5.74) is 10.6. The average Bonchev–Trinajstić information content (AvgIpc) is 2.87. The van der Waals surface area contributed by atoms with Gasteiger partial charge in [-0.15, -0.1) is 0 Å². The van der Waals surface area contributed by atoms with Gasteiger partial charge in [0.15, 0.2) is 5.78 Å². The summed E-state index contributed by atoms with van der Waals surface area (Å²) in [6.45, 7) is 20.7. The highest BCUT2D eigenvalue weighted by atomic mass is 16.2. The van der Waals surface area contributed by atoms with E-state index in [9.17, 15) is 24.0 Å². The maximum absolute atomic E-state index is 12.6. The lowest BCUT2D eigenvalue weighted by Crippen LogP contribution is -2.58. The smallest absolute Gasteiger partial charge is 0.312 e. The first-order valence-corrected chi connectivity index (χ1v) is 14.5. The van der Waals surface area contributed by atoms with E-state index in [0.717, 1.165) is 6.54 Å². The van der Waals surface area contributed by atoms with Crippen LogP contribution < -0.4 is 38.1 Å². The molecule has 4 amide bonds. The van der Waals surface area contributed by atoms with Crippen LogP contribution in [-0.4, -0.2) is 79.8 Å². The van der Waals surface area contributed by atoms with Crippen molar-refractivity contribution in [2.45, 2.75) is 113 Å². The highest BCUT2D eigenvalue weighted by Crippen LogP contribution is 2.06. The highest BCUT2D eigenvalue weighted by molar-refractivity contribution is 5.93. The molecule has 9 N–H and O–H groups in total. The van der Waals surface area contributed by atoms with Crippen LogP contribution in [0.1, 0.15) is 88.5 Å². The van der Waals surface area contributed by atoms with E-state index in [1.165, 1.54) is 6.92 Å². The fraction of sp³-hybridized carbons (Fsp3) is 0.821. The van der Waals surface area contributed by atoms with Gasteiger partial charge < -0.3 is 38.1 Å². The molecule has 3 unspecified atom stereocenters. The first kappa shape index (κ1) is 41.9. The molecule has 0 aliphatic rings. The summed E-state index contributed by atoms with van der Waals surface area (Å²) in [6.07, 6.45) is 1.49. The van der Waals surface area contributed by atoms with Gasteiger partial charge in [0.05, 0.1) is 12.1 Å². The monoisotopic (exact) mass is 573 g/mol. The van der Waals surface area contributed by atoms with Crippen LogP contribution >= 0.6 is 0 Å². The van der Waals surface area contributed by atoms with Crippen LogP contribution in [0.25, 0.3) is 0 Å². The van der Waals surface area contributed by atoms with Gasteiger partial charge in [-0.05, 0) is 32.2 Å². The fourth-order valence-electron chi connectivity index (χ4n) is 3.25. The highest BCUT2D eigenvalue weighted by Gasteiger charge is 2.29. The Hall–Kier alpha value is -2.57. The number of rotatable bonds is 18. The molecule has 0 saturated heterocycles. The minimum absolute atomic E-state index is 0.106. The van der Waals surface area contributed by atoms with Crippen molar-refractivity contribution in [3.8, 4) is 0 Å². The molecule has 0 aromatic carbocycles. The van der Waals surface area contributed by atoms with Gasteiger partial charge in [-0.1, -0.05) is 62.3 Å². The molecule has 0 aromatic rings. The lowest BCUT2D eigenvalue weighted by atomic mass is 10.0. The van der Waals surface area contributed by atoms with E-state index in [4.69, 9.17) is 11.5 Å². The second-order valence-corrected chi connectivity index (χ2v) is 10.2. The third-order valence-corrected chi connectivity index (χ3v) is 5.59. The first-order chi connectivity index (χ1) is 18.7. The Bertz CT molecular complexity index is 730. The van der Waals surface area contributed by atoms with Crippen LogP contribution in [0.15, 0.2) is 0 Å². The largest absolute Gasteiger partial charge is 0.352 e. The number of likely N-dealkylation sites (N-methyl/N-ethyl adjacent to an activating group) is 1. The Morgan fingerprint density at radius 1 is 0.800 bits per heavy atom. The van der Waals surface area contributed by atoms with Crippen LogP contribution in [0, 0.1) is 11.8 Å². The molecule has 236 valence electrons. The lowest BCUT2D eigenvalue weighted by Gasteiger charge is -2.26. The topological polar surface area (TPSA) is 198 Å². The second-order valence-electron chi connectivity index (χ2n) is 10.2. The standard InChI is InChI=1S/C17H34N6O4.C9H19NO.C2H6/c1-5-20-13(9-18)15(25)23-14(10(2)3)16(26)22-12(11(4)24)7-6-8-21-17(19)27;1-7(2)9(11)5-6-10-8(3)4;1-2/h10,12-14,20H,5-9,18H2,1-4H3,(H,22,26)(H,23,25)(H3,19,21,27);7-8,10H,5-6H2,1-4H3;1-2H3. The number of Topliss-reactive ketones (excluding diaryl/α,β-unsaturated/α-hetero) is 2.